The van der Waals surface area contributed by atoms with Crippen LogP contribution in [0.5, 0.6) is 0 Å². The van der Waals surface area contributed by atoms with E-state index in [1.165, 1.54) is 24.1 Å². The third-order valence-electron chi connectivity index (χ3n) is 5.45. The molecule has 1 atom stereocenters. The number of hydrogen-bond donors (Lipinski definition) is 2. The summed E-state index contributed by atoms with van der Waals surface area (Å²) in [6.07, 6.45) is 3.42. The molecule has 0 spiro atoms. The Balaban J connectivity index is 1.33. The van der Waals surface area contributed by atoms with E-state index in [-0.39, 0.29) is 6.03 Å². The van der Waals surface area contributed by atoms with Gasteiger partial charge in [0.2, 0.25) is 0 Å². The van der Waals surface area contributed by atoms with Gasteiger partial charge in [-0.1, -0.05) is 24.3 Å². The van der Waals surface area contributed by atoms with E-state index in [0.717, 1.165) is 56.4 Å². The van der Waals surface area contributed by atoms with E-state index in [0.29, 0.717) is 0 Å². The van der Waals surface area contributed by atoms with E-state index in [1.807, 2.05) is 36.4 Å². The molecule has 0 saturated carbocycles. The highest BCUT2D eigenvalue weighted by Crippen LogP contribution is 2.28. The van der Waals surface area contributed by atoms with Crippen molar-refractivity contribution in [2.75, 3.05) is 43.5 Å². The number of amides is 2. The molecule has 5 heteroatoms. The number of aryl methyl sites for hydroxylation is 1. The van der Waals surface area contributed by atoms with Gasteiger partial charge in [0.25, 0.3) is 0 Å². The summed E-state index contributed by atoms with van der Waals surface area (Å²) >= 11 is 0. The van der Waals surface area contributed by atoms with Crippen LogP contribution in [-0.2, 0) is 17.6 Å². The molecule has 0 aromatic heterocycles. The number of urea groups is 1. The first-order valence-electron chi connectivity index (χ1n) is 9.81. The normalized spacial score (nSPS) is 19.9. The highest BCUT2D eigenvalue weighted by atomic mass is 16.5. The molecule has 4 rings (SSSR count). The first-order chi connectivity index (χ1) is 13.3. The van der Waals surface area contributed by atoms with Crippen LogP contribution in [0.2, 0.25) is 0 Å². The van der Waals surface area contributed by atoms with Gasteiger partial charge >= 0.3 is 6.03 Å². The molecule has 5 nitrogen and oxygen atoms in total. The van der Waals surface area contributed by atoms with Gasteiger partial charge in [-0.05, 0) is 60.6 Å². The second kappa shape index (κ2) is 8.55. The fraction of sp³-hybridized carbons (Fsp3) is 0.409. The van der Waals surface area contributed by atoms with E-state index in [4.69, 9.17) is 4.74 Å². The van der Waals surface area contributed by atoms with Gasteiger partial charge in [-0.3, -0.25) is 4.90 Å². The van der Waals surface area contributed by atoms with Crippen molar-refractivity contribution in [3.63, 3.8) is 0 Å². The highest BCUT2D eigenvalue weighted by molar-refractivity contribution is 5.99. The monoisotopic (exact) mass is 365 g/mol. The van der Waals surface area contributed by atoms with Crippen molar-refractivity contribution in [2.45, 2.75) is 19.3 Å². The number of carbonyl (C=O) groups is 1. The Morgan fingerprint density at radius 1 is 1.00 bits per heavy atom. The van der Waals surface area contributed by atoms with Crippen LogP contribution in [-0.4, -0.2) is 43.8 Å². The van der Waals surface area contributed by atoms with Crippen LogP contribution in [0, 0.1) is 5.92 Å². The quantitative estimate of drug-likeness (QED) is 0.867. The molecule has 27 heavy (non-hydrogen) atoms. The van der Waals surface area contributed by atoms with Crippen LogP contribution in [0.1, 0.15) is 17.5 Å². The number of morpholine rings is 1. The number of hydrogen-bond acceptors (Lipinski definition) is 3. The number of anilines is 2. The molecule has 142 valence electrons. The van der Waals surface area contributed by atoms with Crippen molar-refractivity contribution in [1.29, 1.82) is 0 Å². The minimum atomic E-state index is -0.206. The van der Waals surface area contributed by atoms with Crippen molar-refractivity contribution >= 4 is 17.4 Å². The average molecular weight is 365 g/mol. The zero-order chi connectivity index (χ0) is 18.5. The maximum Gasteiger partial charge on any atom is 0.323 e. The topological polar surface area (TPSA) is 53.6 Å². The lowest BCUT2D eigenvalue weighted by Gasteiger charge is -2.33. The summed E-state index contributed by atoms with van der Waals surface area (Å²) in [5.41, 5.74) is 4.44. The molecule has 1 aliphatic carbocycles. The predicted molar refractivity (Wildman–Crippen MR) is 108 cm³/mol. The minimum absolute atomic E-state index is 0.206. The third-order valence-corrected chi connectivity index (χ3v) is 5.45. The molecule has 2 aromatic carbocycles. The summed E-state index contributed by atoms with van der Waals surface area (Å²) in [4.78, 5) is 14.7. The SMILES string of the molecule is O=C(Nc1ccccc1)Nc1ccc2c(c1)CCC(CN1CCOCC1)C2. The summed E-state index contributed by atoms with van der Waals surface area (Å²) in [7, 11) is 0. The summed E-state index contributed by atoms with van der Waals surface area (Å²) < 4.78 is 5.45. The summed E-state index contributed by atoms with van der Waals surface area (Å²) in [6.45, 7) is 5.01. The molecule has 1 aliphatic heterocycles. The van der Waals surface area contributed by atoms with Crippen LogP contribution in [0.25, 0.3) is 0 Å². The fourth-order valence-electron chi connectivity index (χ4n) is 4.03. The van der Waals surface area contributed by atoms with Gasteiger partial charge in [-0.25, -0.2) is 4.79 Å². The van der Waals surface area contributed by atoms with Crippen LogP contribution in [0.4, 0.5) is 16.2 Å². The molecular weight excluding hydrogens is 338 g/mol. The van der Waals surface area contributed by atoms with Crippen molar-refractivity contribution < 1.29 is 9.53 Å². The molecule has 0 radical (unpaired) electrons. The van der Waals surface area contributed by atoms with Gasteiger partial charge in [0.05, 0.1) is 13.2 Å². The smallest absolute Gasteiger partial charge is 0.323 e. The lowest BCUT2D eigenvalue weighted by molar-refractivity contribution is 0.0297. The van der Waals surface area contributed by atoms with Gasteiger partial charge in [0.1, 0.15) is 0 Å². The summed E-state index contributed by atoms with van der Waals surface area (Å²) in [6, 6.07) is 15.6. The van der Waals surface area contributed by atoms with Crippen molar-refractivity contribution in [1.82, 2.24) is 4.90 Å². The molecule has 2 amide bonds. The number of benzene rings is 2. The van der Waals surface area contributed by atoms with E-state index in [1.54, 1.807) is 0 Å². The summed E-state index contributed by atoms with van der Waals surface area (Å²) in [5.74, 6) is 0.718. The van der Waals surface area contributed by atoms with Crippen molar-refractivity contribution in [3.8, 4) is 0 Å². The molecule has 2 aromatic rings. The number of nitrogens with zero attached hydrogens (tertiary/aromatic N) is 1. The Morgan fingerprint density at radius 2 is 1.78 bits per heavy atom. The number of rotatable bonds is 4. The van der Waals surface area contributed by atoms with E-state index in [2.05, 4.69) is 27.7 Å². The zero-order valence-electron chi connectivity index (χ0n) is 15.6. The van der Waals surface area contributed by atoms with Gasteiger partial charge in [-0.15, -0.1) is 0 Å². The number of para-hydroxylation sites is 1. The van der Waals surface area contributed by atoms with Gasteiger partial charge in [-0.2, -0.15) is 0 Å². The van der Waals surface area contributed by atoms with Crippen LogP contribution in [0.15, 0.2) is 48.5 Å². The summed E-state index contributed by atoms with van der Waals surface area (Å²) in [5, 5.41) is 5.80. The van der Waals surface area contributed by atoms with E-state index >= 15 is 0 Å². The zero-order valence-corrected chi connectivity index (χ0v) is 15.6. The maximum atomic E-state index is 12.2. The second-order valence-electron chi connectivity index (χ2n) is 7.45. The number of carbonyl (C=O) groups excluding carboxylic acids is 1. The molecule has 2 N–H and O–H groups in total. The van der Waals surface area contributed by atoms with E-state index in [9.17, 15) is 4.79 Å². The standard InChI is InChI=1S/C22H27N3O2/c26-22(23-20-4-2-1-3-5-20)24-21-9-8-18-14-17(6-7-19(18)15-21)16-25-10-12-27-13-11-25/h1-5,8-9,15,17H,6-7,10-14,16H2,(H2,23,24,26). The lowest BCUT2D eigenvalue weighted by atomic mass is 9.83. The second-order valence-corrected chi connectivity index (χ2v) is 7.45. The van der Waals surface area contributed by atoms with Crippen molar-refractivity contribution in [3.05, 3.63) is 59.7 Å². The van der Waals surface area contributed by atoms with E-state index < -0.39 is 0 Å². The van der Waals surface area contributed by atoms with Gasteiger partial charge in [0.15, 0.2) is 0 Å². The minimum Gasteiger partial charge on any atom is -0.379 e. The molecule has 0 bridgehead atoms. The molecule has 1 unspecified atom stereocenters. The number of ether oxygens (including phenoxy) is 1. The third kappa shape index (κ3) is 4.87. The fourth-order valence-corrected chi connectivity index (χ4v) is 4.03. The van der Waals surface area contributed by atoms with Crippen molar-refractivity contribution in [2.24, 2.45) is 5.92 Å². The Morgan fingerprint density at radius 3 is 2.59 bits per heavy atom. The average Bonchev–Trinajstić information content (AvgIpc) is 2.69. The van der Waals surface area contributed by atoms with Gasteiger partial charge in [0, 0.05) is 31.0 Å². The number of fused-ring (bicyclic) bond motifs is 1. The lowest BCUT2D eigenvalue weighted by Crippen LogP contribution is -2.40. The first-order valence-corrected chi connectivity index (χ1v) is 9.81. The number of nitrogens with one attached hydrogen (secondary N) is 2. The Hall–Kier alpha value is -2.37. The van der Waals surface area contributed by atoms with Crippen LogP contribution < -0.4 is 10.6 Å². The van der Waals surface area contributed by atoms with Crippen LogP contribution in [0.3, 0.4) is 0 Å². The Kier molecular flexibility index (Phi) is 5.70. The molecule has 2 aliphatic rings. The molecule has 1 heterocycles. The molecular formula is C22H27N3O2. The predicted octanol–water partition coefficient (Wildman–Crippen LogP) is 3.77. The van der Waals surface area contributed by atoms with Crippen LogP contribution >= 0.6 is 0 Å². The van der Waals surface area contributed by atoms with Gasteiger partial charge < -0.3 is 15.4 Å². The first kappa shape index (κ1) is 18.0. The molecule has 1 fully saturated rings. The largest absolute Gasteiger partial charge is 0.379 e. The Bertz CT molecular complexity index is 772. The highest BCUT2D eigenvalue weighted by Gasteiger charge is 2.22. The maximum absolute atomic E-state index is 12.2. The molecule has 1 saturated heterocycles. The Labute approximate surface area is 160 Å².